The second kappa shape index (κ2) is 8.12. The number of hydrogen-bond donors (Lipinski definition) is 0. The number of carbonyl (C=O) groups is 1. The molecule has 0 saturated carbocycles. The molecule has 2 aromatic heterocycles. The van der Waals surface area contributed by atoms with E-state index < -0.39 is 0 Å². The molecule has 29 heavy (non-hydrogen) atoms. The van der Waals surface area contributed by atoms with Gasteiger partial charge in [-0.05, 0) is 18.6 Å². The van der Waals surface area contributed by atoms with E-state index in [-0.39, 0.29) is 17.1 Å². The predicted molar refractivity (Wildman–Crippen MR) is 114 cm³/mol. The Hall–Kier alpha value is -2.45. The number of para-hydroxylation sites is 1. The van der Waals surface area contributed by atoms with Gasteiger partial charge in [-0.15, -0.1) is 21.5 Å². The lowest BCUT2D eigenvalue weighted by molar-refractivity contribution is 0.0748. The number of rotatable bonds is 3. The van der Waals surface area contributed by atoms with Crippen LogP contribution in [0.2, 0.25) is 0 Å². The van der Waals surface area contributed by atoms with Crippen molar-refractivity contribution in [1.82, 2.24) is 30.0 Å². The Morgan fingerprint density at radius 1 is 1.03 bits per heavy atom. The van der Waals surface area contributed by atoms with E-state index in [9.17, 15) is 4.79 Å². The van der Waals surface area contributed by atoms with Crippen LogP contribution in [0.25, 0.3) is 11.0 Å². The number of hydrogen-bond acceptors (Lipinski definition) is 7. The topological polar surface area (TPSA) is 75.1 Å². The van der Waals surface area contributed by atoms with Crippen LogP contribution in [-0.4, -0.2) is 62.1 Å². The first-order valence-corrected chi connectivity index (χ1v) is 10.8. The molecular weight excluding hydrogens is 384 g/mol. The average Bonchev–Trinajstić information content (AvgIpc) is 3.06. The van der Waals surface area contributed by atoms with Crippen molar-refractivity contribution >= 4 is 28.3 Å². The summed E-state index contributed by atoms with van der Waals surface area (Å²) in [5.41, 5.74) is 2.59. The van der Waals surface area contributed by atoms with E-state index in [2.05, 4.69) is 46.2 Å². The summed E-state index contributed by atoms with van der Waals surface area (Å²) < 4.78 is 0. The third-order valence-corrected chi connectivity index (χ3v) is 6.32. The van der Waals surface area contributed by atoms with Crippen LogP contribution in [-0.2, 0) is 12.0 Å². The second-order valence-electron chi connectivity index (χ2n) is 8.44. The Labute approximate surface area is 174 Å². The molecule has 0 bridgehead atoms. The van der Waals surface area contributed by atoms with E-state index in [4.69, 9.17) is 4.98 Å². The lowest BCUT2D eigenvalue weighted by atomic mass is 9.98. The maximum Gasteiger partial charge on any atom is 0.293 e. The highest BCUT2D eigenvalue weighted by Gasteiger charge is 2.24. The average molecular weight is 411 g/mol. The quantitative estimate of drug-likeness (QED) is 0.660. The molecule has 1 aromatic carbocycles. The van der Waals surface area contributed by atoms with E-state index >= 15 is 0 Å². The van der Waals surface area contributed by atoms with Gasteiger partial charge in [0.15, 0.2) is 0 Å². The summed E-state index contributed by atoms with van der Waals surface area (Å²) in [5.74, 6) is 0.0280. The summed E-state index contributed by atoms with van der Waals surface area (Å²) in [5, 5.41) is 11.5. The van der Waals surface area contributed by atoms with Crippen molar-refractivity contribution in [2.45, 2.75) is 39.2 Å². The van der Waals surface area contributed by atoms with E-state index in [1.807, 2.05) is 29.2 Å². The van der Waals surface area contributed by atoms with Crippen LogP contribution < -0.4 is 0 Å². The molecule has 1 amide bonds. The number of amides is 1. The van der Waals surface area contributed by atoms with Crippen molar-refractivity contribution in [2.24, 2.45) is 0 Å². The molecular formula is C21H26N6OS. The van der Waals surface area contributed by atoms with E-state index in [0.717, 1.165) is 31.7 Å². The molecule has 1 saturated heterocycles. The SMILES string of the molecule is CC(C)(C)c1nc(CN2CCCN(C(=O)c3nnc4ccccc4n3)CC2)cs1. The Morgan fingerprint density at radius 2 is 1.83 bits per heavy atom. The molecule has 1 aliphatic heterocycles. The van der Waals surface area contributed by atoms with Crippen molar-refractivity contribution < 1.29 is 4.79 Å². The van der Waals surface area contributed by atoms with Crippen LogP contribution >= 0.6 is 11.3 Å². The smallest absolute Gasteiger partial charge is 0.293 e. The third-order valence-electron chi connectivity index (χ3n) is 5.01. The molecule has 0 aliphatic carbocycles. The van der Waals surface area contributed by atoms with Crippen LogP contribution in [0.15, 0.2) is 29.6 Å². The Bertz CT molecular complexity index is 1010. The zero-order valence-electron chi connectivity index (χ0n) is 17.1. The fraction of sp³-hybridized carbons (Fsp3) is 0.476. The van der Waals surface area contributed by atoms with Crippen molar-refractivity contribution in [3.63, 3.8) is 0 Å². The molecule has 3 heterocycles. The van der Waals surface area contributed by atoms with Gasteiger partial charge in [0.1, 0.15) is 5.52 Å². The van der Waals surface area contributed by atoms with Gasteiger partial charge >= 0.3 is 0 Å². The highest BCUT2D eigenvalue weighted by Crippen LogP contribution is 2.26. The predicted octanol–water partition coefficient (Wildman–Crippen LogP) is 3.13. The number of benzene rings is 1. The summed E-state index contributed by atoms with van der Waals surface area (Å²) >= 11 is 1.73. The summed E-state index contributed by atoms with van der Waals surface area (Å²) in [6.45, 7) is 10.5. The summed E-state index contributed by atoms with van der Waals surface area (Å²) in [4.78, 5) is 26.3. The van der Waals surface area contributed by atoms with Crippen molar-refractivity contribution in [3.05, 3.63) is 46.2 Å². The van der Waals surface area contributed by atoms with E-state index in [1.54, 1.807) is 11.3 Å². The van der Waals surface area contributed by atoms with Crippen LogP contribution in [0.3, 0.4) is 0 Å². The lowest BCUT2D eigenvalue weighted by Gasteiger charge is -2.21. The summed E-state index contributed by atoms with van der Waals surface area (Å²) in [6.07, 6.45) is 0.920. The molecule has 3 aromatic rings. The molecule has 0 atom stereocenters. The maximum absolute atomic E-state index is 12.9. The van der Waals surface area contributed by atoms with Gasteiger partial charge in [-0.25, -0.2) is 9.97 Å². The number of fused-ring (bicyclic) bond motifs is 1. The largest absolute Gasteiger partial charge is 0.335 e. The zero-order chi connectivity index (χ0) is 20.4. The van der Waals surface area contributed by atoms with Crippen LogP contribution in [0, 0.1) is 0 Å². The van der Waals surface area contributed by atoms with E-state index in [1.165, 1.54) is 5.01 Å². The zero-order valence-corrected chi connectivity index (χ0v) is 17.9. The molecule has 0 spiro atoms. The first-order chi connectivity index (χ1) is 13.9. The molecule has 0 N–H and O–H groups in total. The Morgan fingerprint density at radius 3 is 2.59 bits per heavy atom. The van der Waals surface area contributed by atoms with Crippen molar-refractivity contribution in [1.29, 1.82) is 0 Å². The van der Waals surface area contributed by atoms with Crippen LogP contribution in [0.1, 0.15) is 48.5 Å². The monoisotopic (exact) mass is 410 g/mol. The molecule has 7 nitrogen and oxygen atoms in total. The first-order valence-electron chi connectivity index (χ1n) is 9.96. The highest BCUT2D eigenvalue weighted by atomic mass is 32.1. The van der Waals surface area contributed by atoms with Crippen LogP contribution in [0.4, 0.5) is 0 Å². The Balaban J connectivity index is 1.40. The van der Waals surface area contributed by atoms with Gasteiger partial charge < -0.3 is 4.90 Å². The fourth-order valence-corrected chi connectivity index (χ4v) is 4.30. The molecule has 1 aliphatic rings. The van der Waals surface area contributed by atoms with Gasteiger partial charge in [0.2, 0.25) is 5.82 Å². The number of aromatic nitrogens is 4. The number of thiazole rings is 1. The maximum atomic E-state index is 12.9. The minimum atomic E-state index is -0.145. The molecule has 152 valence electrons. The third kappa shape index (κ3) is 4.59. The summed E-state index contributed by atoms with van der Waals surface area (Å²) in [6, 6.07) is 7.47. The van der Waals surface area contributed by atoms with Gasteiger partial charge in [-0.3, -0.25) is 9.69 Å². The fourth-order valence-electron chi connectivity index (χ4n) is 3.40. The standard InChI is InChI=1S/C21H26N6OS/c1-21(2,3)20-22-15(14-29-20)13-26-9-6-10-27(12-11-26)19(28)18-23-16-7-4-5-8-17(16)24-25-18/h4-5,7-8,14H,6,9-13H2,1-3H3. The molecule has 8 heteroatoms. The number of carbonyl (C=O) groups excluding carboxylic acids is 1. The van der Waals surface area contributed by atoms with Gasteiger partial charge in [-0.1, -0.05) is 32.9 Å². The van der Waals surface area contributed by atoms with Crippen molar-refractivity contribution in [2.75, 3.05) is 26.2 Å². The summed E-state index contributed by atoms with van der Waals surface area (Å²) in [7, 11) is 0. The van der Waals surface area contributed by atoms with Crippen molar-refractivity contribution in [3.8, 4) is 0 Å². The molecule has 0 radical (unpaired) electrons. The Kier molecular flexibility index (Phi) is 5.56. The van der Waals surface area contributed by atoms with Gasteiger partial charge in [0, 0.05) is 43.5 Å². The van der Waals surface area contributed by atoms with E-state index in [0.29, 0.717) is 24.1 Å². The lowest BCUT2D eigenvalue weighted by Crippen LogP contribution is -2.36. The number of nitrogens with zero attached hydrogens (tertiary/aromatic N) is 6. The highest BCUT2D eigenvalue weighted by molar-refractivity contribution is 7.09. The molecule has 4 rings (SSSR count). The minimum Gasteiger partial charge on any atom is -0.335 e. The van der Waals surface area contributed by atoms with Crippen LogP contribution in [0.5, 0.6) is 0 Å². The van der Waals surface area contributed by atoms with Gasteiger partial charge in [-0.2, -0.15) is 0 Å². The first kappa shape index (κ1) is 19.8. The minimum absolute atomic E-state index is 0.0822. The second-order valence-corrected chi connectivity index (χ2v) is 9.30. The normalized spacial score (nSPS) is 16.2. The van der Waals surface area contributed by atoms with Gasteiger partial charge in [0.25, 0.3) is 5.91 Å². The van der Waals surface area contributed by atoms with Gasteiger partial charge in [0.05, 0.1) is 16.2 Å². The molecule has 0 unspecified atom stereocenters. The molecule has 1 fully saturated rings.